The molecule has 1 aliphatic heterocycles. The molecule has 3 aromatic rings. The van der Waals surface area contributed by atoms with Gasteiger partial charge in [0.1, 0.15) is 11.3 Å². The van der Waals surface area contributed by atoms with Crippen LogP contribution in [0.3, 0.4) is 0 Å². The Bertz CT molecular complexity index is 919. The van der Waals surface area contributed by atoms with Crippen LogP contribution in [0, 0.1) is 6.92 Å². The maximum absolute atomic E-state index is 10.1. The van der Waals surface area contributed by atoms with Gasteiger partial charge in [-0.1, -0.05) is 23.4 Å². The molecule has 0 atom stereocenters. The Labute approximate surface area is 153 Å². The highest BCUT2D eigenvalue weighted by Crippen LogP contribution is 2.31. The number of hydrogen-bond donors (Lipinski definition) is 1. The molecule has 6 nitrogen and oxygen atoms in total. The van der Waals surface area contributed by atoms with Crippen LogP contribution >= 0.6 is 0 Å². The zero-order chi connectivity index (χ0) is 18.3. The Morgan fingerprint density at radius 3 is 2.58 bits per heavy atom. The molecule has 0 spiro atoms. The van der Waals surface area contributed by atoms with Crippen LogP contribution in [0.5, 0.6) is 0 Å². The normalized spacial score (nSPS) is 16.4. The summed E-state index contributed by atoms with van der Waals surface area (Å²) in [7, 11) is 0. The van der Waals surface area contributed by atoms with E-state index in [1.807, 2.05) is 16.9 Å². The van der Waals surface area contributed by atoms with Gasteiger partial charge in [0, 0.05) is 29.9 Å². The first-order valence-corrected chi connectivity index (χ1v) is 9.18. The molecule has 6 heteroatoms. The summed E-state index contributed by atoms with van der Waals surface area (Å²) in [5, 5.41) is 19.7. The van der Waals surface area contributed by atoms with Crippen LogP contribution < -0.4 is 4.90 Å². The molecule has 1 fully saturated rings. The molecule has 4 rings (SSSR count). The third-order valence-electron chi connectivity index (χ3n) is 5.14. The molecule has 2 aromatic heterocycles. The van der Waals surface area contributed by atoms with E-state index in [-0.39, 0.29) is 0 Å². The summed E-state index contributed by atoms with van der Waals surface area (Å²) >= 11 is 0. The fourth-order valence-electron chi connectivity index (χ4n) is 3.65. The van der Waals surface area contributed by atoms with Gasteiger partial charge in [-0.15, -0.1) is 5.10 Å². The zero-order valence-corrected chi connectivity index (χ0v) is 15.6. The molecule has 0 amide bonds. The molecule has 0 radical (unpaired) electrons. The number of anilines is 1. The molecule has 3 heterocycles. The highest BCUT2D eigenvalue weighted by atomic mass is 16.3. The Balaban J connectivity index is 1.53. The van der Waals surface area contributed by atoms with E-state index in [2.05, 4.69) is 51.4 Å². The van der Waals surface area contributed by atoms with E-state index in [4.69, 9.17) is 0 Å². The molecule has 0 aliphatic carbocycles. The standard InChI is InChI=1S/C20H25N5O/c1-14-12-18(16-6-4-5-7-17(16)21-14)24-10-8-15(9-11-24)25-13-19(22-23-25)20(2,3)26/h4-7,12-13,15,26H,8-11H2,1-3H3. The number of pyridine rings is 1. The number of aliphatic hydroxyl groups is 1. The van der Waals surface area contributed by atoms with Gasteiger partial charge in [0.2, 0.25) is 0 Å². The van der Waals surface area contributed by atoms with Crippen LogP contribution in [0.4, 0.5) is 5.69 Å². The highest BCUT2D eigenvalue weighted by molar-refractivity contribution is 5.92. The lowest BCUT2D eigenvalue weighted by Gasteiger charge is -2.34. The Kier molecular flexibility index (Phi) is 4.15. The van der Waals surface area contributed by atoms with Crippen LogP contribution in [0.25, 0.3) is 10.9 Å². The van der Waals surface area contributed by atoms with E-state index in [0.717, 1.165) is 37.1 Å². The van der Waals surface area contributed by atoms with Crippen LogP contribution in [-0.2, 0) is 5.60 Å². The SMILES string of the molecule is Cc1cc(N2CCC(n3cc(C(C)(C)O)nn3)CC2)c2ccccc2n1. The van der Waals surface area contributed by atoms with Crippen molar-refractivity contribution in [2.24, 2.45) is 0 Å². The second-order valence-electron chi connectivity index (χ2n) is 7.66. The van der Waals surface area contributed by atoms with Gasteiger partial charge in [-0.05, 0) is 45.7 Å². The minimum atomic E-state index is -0.952. The van der Waals surface area contributed by atoms with Gasteiger partial charge >= 0.3 is 0 Å². The van der Waals surface area contributed by atoms with Crippen molar-refractivity contribution in [3.63, 3.8) is 0 Å². The van der Waals surface area contributed by atoms with Gasteiger partial charge in [-0.25, -0.2) is 4.68 Å². The maximum atomic E-state index is 10.1. The number of aromatic nitrogens is 4. The second kappa shape index (κ2) is 6.36. The molecule has 136 valence electrons. The Morgan fingerprint density at radius 1 is 1.15 bits per heavy atom. The first-order valence-electron chi connectivity index (χ1n) is 9.18. The van der Waals surface area contributed by atoms with E-state index in [0.29, 0.717) is 11.7 Å². The van der Waals surface area contributed by atoms with Crippen LogP contribution in [0.1, 0.15) is 44.1 Å². The molecule has 26 heavy (non-hydrogen) atoms. The molecule has 1 N–H and O–H groups in total. The van der Waals surface area contributed by atoms with E-state index >= 15 is 0 Å². The summed E-state index contributed by atoms with van der Waals surface area (Å²) in [6, 6.07) is 10.8. The number of fused-ring (bicyclic) bond motifs is 1. The van der Waals surface area contributed by atoms with Gasteiger partial charge in [0.15, 0.2) is 0 Å². The van der Waals surface area contributed by atoms with Gasteiger partial charge in [0.05, 0.1) is 17.8 Å². The Morgan fingerprint density at radius 2 is 1.88 bits per heavy atom. The average Bonchev–Trinajstić information content (AvgIpc) is 3.12. The maximum Gasteiger partial charge on any atom is 0.114 e. The van der Waals surface area contributed by atoms with E-state index in [1.54, 1.807) is 13.8 Å². The molecule has 1 saturated heterocycles. The lowest BCUT2D eigenvalue weighted by Crippen LogP contribution is -2.35. The van der Waals surface area contributed by atoms with Crippen LogP contribution in [0.15, 0.2) is 36.5 Å². The lowest BCUT2D eigenvalue weighted by molar-refractivity contribution is 0.0737. The van der Waals surface area contributed by atoms with E-state index in [9.17, 15) is 5.11 Å². The number of rotatable bonds is 3. The highest BCUT2D eigenvalue weighted by Gasteiger charge is 2.26. The second-order valence-corrected chi connectivity index (χ2v) is 7.66. The third kappa shape index (κ3) is 3.17. The number of aryl methyl sites for hydroxylation is 1. The van der Waals surface area contributed by atoms with E-state index in [1.165, 1.54) is 11.1 Å². The van der Waals surface area contributed by atoms with E-state index < -0.39 is 5.60 Å². The molecule has 0 saturated carbocycles. The van der Waals surface area contributed by atoms with Crippen molar-refractivity contribution in [1.82, 2.24) is 20.0 Å². The van der Waals surface area contributed by atoms with Crippen molar-refractivity contribution >= 4 is 16.6 Å². The first kappa shape index (κ1) is 17.0. The molecular weight excluding hydrogens is 326 g/mol. The van der Waals surface area contributed by atoms with Gasteiger partial charge < -0.3 is 10.0 Å². The predicted molar refractivity (Wildman–Crippen MR) is 102 cm³/mol. The molecular formula is C20H25N5O. The number of benzene rings is 1. The van der Waals surface area contributed by atoms with Crippen LogP contribution in [-0.4, -0.2) is 38.2 Å². The zero-order valence-electron chi connectivity index (χ0n) is 15.6. The minimum Gasteiger partial charge on any atom is -0.384 e. The van der Waals surface area contributed by atoms with Crippen LogP contribution in [0.2, 0.25) is 0 Å². The predicted octanol–water partition coefficient (Wildman–Crippen LogP) is 3.20. The molecule has 0 unspecified atom stereocenters. The first-order chi connectivity index (χ1) is 12.4. The number of hydrogen-bond acceptors (Lipinski definition) is 5. The minimum absolute atomic E-state index is 0.323. The third-order valence-corrected chi connectivity index (χ3v) is 5.14. The summed E-state index contributed by atoms with van der Waals surface area (Å²) < 4.78 is 1.92. The average molecular weight is 351 g/mol. The van der Waals surface area contributed by atoms with Crippen molar-refractivity contribution in [3.05, 3.63) is 47.9 Å². The smallest absolute Gasteiger partial charge is 0.114 e. The van der Waals surface area contributed by atoms with Crippen molar-refractivity contribution in [1.29, 1.82) is 0 Å². The van der Waals surface area contributed by atoms with Gasteiger partial charge in [-0.2, -0.15) is 0 Å². The number of piperidine rings is 1. The van der Waals surface area contributed by atoms with Crippen molar-refractivity contribution in [3.8, 4) is 0 Å². The molecule has 1 aliphatic rings. The molecule has 1 aromatic carbocycles. The van der Waals surface area contributed by atoms with Crippen molar-refractivity contribution in [2.45, 2.75) is 45.3 Å². The summed E-state index contributed by atoms with van der Waals surface area (Å²) in [5.41, 5.74) is 3.03. The summed E-state index contributed by atoms with van der Waals surface area (Å²) in [4.78, 5) is 7.09. The fourth-order valence-corrected chi connectivity index (χ4v) is 3.65. The summed E-state index contributed by atoms with van der Waals surface area (Å²) in [5.74, 6) is 0. The quantitative estimate of drug-likeness (QED) is 0.785. The monoisotopic (exact) mass is 351 g/mol. The Hall–Kier alpha value is -2.47. The fraction of sp³-hybridized carbons (Fsp3) is 0.450. The van der Waals surface area contributed by atoms with Crippen molar-refractivity contribution < 1.29 is 5.11 Å². The summed E-state index contributed by atoms with van der Waals surface area (Å²) in [6.07, 6.45) is 3.89. The molecule has 0 bridgehead atoms. The number of nitrogens with zero attached hydrogens (tertiary/aromatic N) is 5. The lowest BCUT2D eigenvalue weighted by atomic mass is 10.0. The number of para-hydroxylation sites is 1. The van der Waals surface area contributed by atoms with Gasteiger partial charge in [-0.3, -0.25) is 4.98 Å². The van der Waals surface area contributed by atoms with Crippen molar-refractivity contribution in [2.75, 3.05) is 18.0 Å². The van der Waals surface area contributed by atoms with Gasteiger partial charge in [0.25, 0.3) is 0 Å². The largest absolute Gasteiger partial charge is 0.384 e. The topological polar surface area (TPSA) is 67.1 Å². The summed E-state index contributed by atoms with van der Waals surface area (Å²) in [6.45, 7) is 7.46.